The number of fused-ring (bicyclic) bond motifs is 1. The Kier molecular flexibility index (Phi) is 3.75. The maximum atomic E-state index is 11.5. The van der Waals surface area contributed by atoms with Crippen molar-refractivity contribution in [1.82, 2.24) is 9.97 Å². The van der Waals surface area contributed by atoms with Crippen molar-refractivity contribution >= 4 is 36.6 Å². The van der Waals surface area contributed by atoms with E-state index in [4.69, 9.17) is 10.7 Å². The van der Waals surface area contributed by atoms with Gasteiger partial charge in [-0.15, -0.1) is 0 Å². The molecular formula is C15H9ClN2O4S. The highest BCUT2D eigenvalue weighted by atomic mass is 35.7. The Hall–Kier alpha value is -2.51. The van der Waals surface area contributed by atoms with E-state index in [1.807, 2.05) is 0 Å². The first-order chi connectivity index (χ1) is 10.9. The molecule has 6 nitrogen and oxygen atoms in total. The molecule has 0 atom stereocenters. The molecule has 0 aliphatic carbocycles. The van der Waals surface area contributed by atoms with Gasteiger partial charge in [0.25, 0.3) is 9.05 Å². The molecule has 2 aromatic heterocycles. The SMILES string of the molecule is O=C(O)c1cc(-c2cccnc2)nc2ccc(S(=O)(=O)Cl)cc12. The summed E-state index contributed by atoms with van der Waals surface area (Å²) in [5.74, 6) is -1.19. The van der Waals surface area contributed by atoms with Crippen molar-refractivity contribution in [2.75, 3.05) is 0 Å². The highest BCUT2D eigenvalue weighted by molar-refractivity contribution is 8.13. The van der Waals surface area contributed by atoms with E-state index in [-0.39, 0.29) is 15.8 Å². The number of pyridine rings is 2. The summed E-state index contributed by atoms with van der Waals surface area (Å²) in [4.78, 5) is 19.7. The van der Waals surface area contributed by atoms with Gasteiger partial charge in [0, 0.05) is 34.0 Å². The van der Waals surface area contributed by atoms with Gasteiger partial charge in [0.15, 0.2) is 0 Å². The van der Waals surface area contributed by atoms with Crippen LogP contribution in [0.1, 0.15) is 10.4 Å². The average molecular weight is 349 g/mol. The van der Waals surface area contributed by atoms with Gasteiger partial charge in [-0.3, -0.25) is 4.98 Å². The fourth-order valence-corrected chi connectivity index (χ4v) is 2.97. The van der Waals surface area contributed by atoms with E-state index in [1.165, 1.54) is 24.3 Å². The molecule has 0 saturated carbocycles. The lowest BCUT2D eigenvalue weighted by Crippen LogP contribution is -2.01. The lowest BCUT2D eigenvalue weighted by molar-refractivity contribution is 0.0699. The average Bonchev–Trinajstić information content (AvgIpc) is 2.53. The lowest BCUT2D eigenvalue weighted by Gasteiger charge is -2.08. The van der Waals surface area contributed by atoms with Crippen LogP contribution >= 0.6 is 10.7 Å². The maximum absolute atomic E-state index is 11.5. The number of carboxylic acid groups (broad SMARTS) is 1. The van der Waals surface area contributed by atoms with E-state index in [1.54, 1.807) is 24.5 Å². The number of carbonyl (C=O) groups is 1. The molecule has 0 aliphatic heterocycles. The summed E-state index contributed by atoms with van der Waals surface area (Å²) >= 11 is 0. The van der Waals surface area contributed by atoms with Crippen LogP contribution in [-0.4, -0.2) is 29.5 Å². The standard InChI is InChI=1S/C15H9ClN2O4S/c16-23(21,22)10-3-4-13-11(6-10)12(15(19)20)7-14(18-13)9-2-1-5-17-8-9/h1-8H,(H,19,20). The number of halogens is 1. The van der Waals surface area contributed by atoms with E-state index in [2.05, 4.69) is 9.97 Å². The Balaban J connectivity index is 2.32. The third kappa shape index (κ3) is 3.01. The second-order valence-electron chi connectivity index (χ2n) is 4.72. The van der Waals surface area contributed by atoms with Gasteiger partial charge in [0.05, 0.1) is 21.7 Å². The van der Waals surface area contributed by atoms with Gasteiger partial charge in [-0.2, -0.15) is 0 Å². The van der Waals surface area contributed by atoms with Crippen molar-refractivity contribution in [3.8, 4) is 11.3 Å². The molecule has 8 heteroatoms. The van der Waals surface area contributed by atoms with Gasteiger partial charge >= 0.3 is 5.97 Å². The van der Waals surface area contributed by atoms with Gasteiger partial charge in [0.2, 0.25) is 0 Å². The van der Waals surface area contributed by atoms with Crippen LogP contribution in [0.4, 0.5) is 0 Å². The van der Waals surface area contributed by atoms with Gasteiger partial charge < -0.3 is 5.11 Å². The smallest absolute Gasteiger partial charge is 0.336 e. The Morgan fingerprint density at radius 2 is 1.96 bits per heavy atom. The predicted octanol–water partition coefficient (Wildman–Crippen LogP) is 2.92. The first kappa shape index (κ1) is 15.4. The highest BCUT2D eigenvalue weighted by Gasteiger charge is 2.17. The zero-order valence-corrected chi connectivity index (χ0v) is 13.0. The van der Waals surface area contributed by atoms with Crippen molar-refractivity contribution in [1.29, 1.82) is 0 Å². The van der Waals surface area contributed by atoms with Gasteiger partial charge in [-0.1, -0.05) is 0 Å². The number of carboxylic acids is 1. The van der Waals surface area contributed by atoms with Crippen LogP contribution < -0.4 is 0 Å². The Bertz CT molecular complexity index is 1020. The monoisotopic (exact) mass is 348 g/mol. The van der Waals surface area contributed by atoms with Crippen molar-refractivity contribution in [3.05, 3.63) is 54.4 Å². The molecule has 0 radical (unpaired) electrons. The minimum atomic E-state index is -3.96. The van der Waals surface area contributed by atoms with Gasteiger partial charge in [-0.25, -0.2) is 18.2 Å². The van der Waals surface area contributed by atoms with E-state index in [0.717, 1.165) is 0 Å². The fraction of sp³-hybridized carbons (Fsp3) is 0. The third-order valence-electron chi connectivity index (χ3n) is 3.25. The van der Waals surface area contributed by atoms with E-state index in [9.17, 15) is 18.3 Å². The van der Waals surface area contributed by atoms with Gasteiger partial charge in [-0.05, 0) is 36.4 Å². The number of nitrogens with zero attached hydrogens (tertiary/aromatic N) is 2. The normalized spacial score (nSPS) is 11.5. The minimum absolute atomic E-state index is 0.0592. The largest absolute Gasteiger partial charge is 0.478 e. The molecular weight excluding hydrogens is 340 g/mol. The van der Waals surface area contributed by atoms with Crippen molar-refractivity contribution in [3.63, 3.8) is 0 Å². The summed E-state index contributed by atoms with van der Waals surface area (Å²) in [6, 6.07) is 8.77. The highest BCUT2D eigenvalue weighted by Crippen LogP contribution is 2.27. The van der Waals surface area contributed by atoms with Gasteiger partial charge in [0.1, 0.15) is 0 Å². The molecule has 0 bridgehead atoms. The second kappa shape index (κ2) is 5.60. The number of aromatic carboxylic acids is 1. The van der Waals surface area contributed by atoms with Crippen LogP contribution in [0.5, 0.6) is 0 Å². The van der Waals surface area contributed by atoms with Crippen molar-refractivity contribution < 1.29 is 18.3 Å². The summed E-state index contributed by atoms with van der Waals surface area (Å²) in [7, 11) is 1.36. The number of rotatable bonds is 3. The molecule has 0 spiro atoms. The molecule has 1 aromatic carbocycles. The van der Waals surface area contributed by atoms with Crippen LogP contribution in [0.3, 0.4) is 0 Å². The number of hydrogen-bond acceptors (Lipinski definition) is 5. The molecule has 1 N–H and O–H groups in total. The number of hydrogen-bond donors (Lipinski definition) is 1. The van der Waals surface area contributed by atoms with E-state index in [0.29, 0.717) is 16.8 Å². The third-order valence-corrected chi connectivity index (χ3v) is 4.60. The molecule has 0 saturated heterocycles. The molecule has 0 unspecified atom stereocenters. The van der Waals surface area contributed by atoms with E-state index < -0.39 is 15.0 Å². The molecule has 3 rings (SSSR count). The maximum Gasteiger partial charge on any atom is 0.336 e. The zero-order chi connectivity index (χ0) is 16.6. The van der Waals surface area contributed by atoms with Crippen molar-refractivity contribution in [2.24, 2.45) is 0 Å². The second-order valence-corrected chi connectivity index (χ2v) is 7.28. The van der Waals surface area contributed by atoms with E-state index >= 15 is 0 Å². The summed E-state index contributed by atoms with van der Waals surface area (Å²) in [6.07, 6.45) is 3.16. The summed E-state index contributed by atoms with van der Waals surface area (Å²) in [6.45, 7) is 0. The number of aromatic nitrogens is 2. The lowest BCUT2D eigenvalue weighted by atomic mass is 10.1. The molecule has 2 heterocycles. The molecule has 0 fully saturated rings. The molecule has 23 heavy (non-hydrogen) atoms. The zero-order valence-electron chi connectivity index (χ0n) is 11.5. The Morgan fingerprint density at radius 1 is 1.17 bits per heavy atom. The van der Waals surface area contributed by atoms with Crippen LogP contribution in [0.25, 0.3) is 22.2 Å². The van der Waals surface area contributed by atoms with Crippen LogP contribution in [0, 0.1) is 0 Å². The van der Waals surface area contributed by atoms with Crippen LogP contribution in [0.2, 0.25) is 0 Å². The van der Waals surface area contributed by atoms with Crippen LogP contribution in [0.15, 0.2) is 53.7 Å². The number of benzene rings is 1. The minimum Gasteiger partial charge on any atom is -0.478 e. The first-order valence-corrected chi connectivity index (χ1v) is 8.70. The molecule has 0 aliphatic rings. The summed E-state index contributed by atoms with van der Waals surface area (Å²) in [5, 5.41) is 9.62. The topological polar surface area (TPSA) is 97.2 Å². The summed E-state index contributed by atoms with van der Waals surface area (Å²) in [5.41, 5.74) is 1.39. The predicted molar refractivity (Wildman–Crippen MR) is 85.0 cm³/mol. The fourth-order valence-electron chi connectivity index (χ4n) is 2.20. The molecule has 0 amide bonds. The Labute approximate surface area is 135 Å². The summed E-state index contributed by atoms with van der Waals surface area (Å²) < 4.78 is 22.9. The quantitative estimate of drug-likeness (QED) is 0.731. The first-order valence-electron chi connectivity index (χ1n) is 6.39. The van der Waals surface area contributed by atoms with Crippen LogP contribution in [-0.2, 0) is 9.05 Å². The molecule has 116 valence electrons. The molecule has 3 aromatic rings. The van der Waals surface area contributed by atoms with Crippen molar-refractivity contribution in [2.45, 2.75) is 4.90 Å². The Morgan fingerprint density at radius 3 is 2.57 bits per heavy atom.